The van der Waals surface area contributed by atoms with Crippen molar-refractivity contribution >= 4 is 17.4 Å². The monoisotopic (exact) mass is 284 g/mol. The molecule has 0 spiro atoms. The first-order chi connectivity index (χ1) is 8.21. The standard InChI is InChI=1S/C10H9ClF4N2O/c11-7-3-5(1-2-8(7)12)18-4-6(9(16)17)10(13,14)15/h1-3,6H,4H2,(H3,16,17). The van der Waals surface area contributed by atoms with Crippen LogP contribution in [0.25, 0.3) is 0 Å². The quantitative estimate of drug-likeness (QED) is 0.507. The molecule has 1 atom stereocenters. The Balaban J connectivity index is 2.73. The van der Waals surface area contributed by atoms with Gasteiger partial charge in [-0.25, -0.2) is 4.39 Å². The largest absolute Gasteiger partial charge is 0.492 e. The fourth-order valence-corrected chi connectivity index (χ4v) is 1.28. The van der Waals surface area contributed by atoms with Crippen LogP contribution in [-0.4, -0.2) is 18.6 Å². The van der Waals surface area contributed by atoms with Crippen LogP contribution in [0.1, 0.15) is 0 Å². The number of alkyl halides is 3. The minimum atomic E-state index is -4.67. The van der Waals surface area contributed by atoms with Crippen LogP contribution < -0.4 is 10.5 Å². The number of nitrogens with two attached hydrogens (primary N) is 1. The number of hydrogen-bond acceptors (Lipinski definition) is 2. The zero-order chi connectivity index (χ0) is 13.9. The molecule has 0 saturated carbocycles. The first-order valence-corrected chi connectivity index (χ1v) is 5.08. The highest BCUT2D eigenvalue weighted by Gasteiger charge is 2.42. The lowest BCUT2D eigenvalue weighted by molar-refractivity contribution is -0.162. The molecule has 1 aromatic rings. The number of nitrogens with one attached hydrogen (secondary N) is 1. The molecular weight excluding hydrogens is 276 g/mol. The van der Waals surface area contributed by atoms with Crippen molar-refractivity contribution in [3.63, 3.8) is 0 Å². The van der Waals surface area contributed by atoms with Gasteiger partial charge in [0.05, 0.1) is 5.02 Å². The number of halogens is 5. The lowest BCUT2D eigenvalue weighted by atomic mass is 10.1. The lowest BCUT2D eigenvalue weighted by Gasteiger charge is -2.19. The second-order valence-corrected chi connectivity index (χ2v) is 3.84. The van der Waals surface area contributed by atoms with Crippen LogP contribution >= 0.6 is 11.6 Å². The summed E-state index contributed by atoms with van der Waals surface area (Å²) in [6.07, 6.45) is -4.67. The van der Waals surface area contributed by atoms with Gasteiger partial charge in [0.1, 0.15) is 29.9 Å². The van der Waals surface area contributed by atoms with Gasteiger partial charge in [0.15, 0.2) is 0 Å². The van der Waals surface area contributed by atoms with Crippen LogP contribution in [-0.2, 0) is 0 Å². The molecule has 1 rings (SSSR count). The summed E-state index contributed by atoms with van der Waals surface area (Å²) in [4.78, 5) is 0. The van der Waals surface area contributed by atoms with E-state index in [-0.39, 0.29) is 10.8 Å². The van der Waals surface area contributed by atoms with E-state index in [0.717, 1.165) is 18.2 Å². The average Bonchev–Trinajstić information content (AvgIpc) is 2.21. The number of amidine groups is 1. The highest BCUT2D eigenvalue weighted by atomic mass is 35.5. The Kier molecular flexibility index (Phi) is 4.39. The smallest absolute Gasteiger partial charge is 0.401 e. The lowest BCUT2D eigenvalue weighted by Crippen LogP contribution is -2.39. The van der Waals surface area contributed by atoms with E-state index in [0.29, 0.717) is 0 Å². The van der Waals surface area contributed by atoms with Gasteiger partial charge < -0.3 is 10.5 Å². The molecule has 1 aromatic carbocycles. The van der Waals surface area contributed by atoms with Gasteiger partial charge in [0.2, 0.25) is 0 Å². The summed E-state index contributed by atoms with van der Waals surface area (Å²) >= 11 is 5.44. The van der Waals surface area contributed by atoms with Crippen LogP contribution in [0.2, 0.25) is 5.02 Å². The Morgan fingerprint density at radius 2 is 2.06 bits per heavy atom. The summed E-state index contributed by atoms with van der Waals surface area (Å²) < 4.78 is 54.9. The molecule has 0 aliphatic rings. The molecule has 0 bridgehead atoms. The van der Waals surface area contributed by atoms with Crippen molar-refractivity contribution in [3.05, 3.63) is 29.0 Å². The molecule has 0 aliphatic heterocycles. The number of ether oxygens (including phenoxy) is 1. The van der Waals surface area contributed by atoms with Gasteiger partial charge in [0.25, 0.3) is 0 Å². The molecule has 0 amide bonds. The van der Waals surface area contributed by atoms with E-state index in [1.165, 1.54) is 0 Å². The minimum absolute atomic E-state index is 0.0306. The summed E-state index contributed by atoms with van der Waals surface area (Å²) in [6, 6.07) is 3.15. The topological polar surface area (TPSA) is 59.1 Å². The third-order valence-electron chi connectivity index (χ3n) is 2.08. The normalized spacial score (nSPS) is 13.2. The van der Waals surface area contributed by atoms with E-state index in [2.05, 4.69) is 0 Å². The molecule has 0 fully saturated rings. The second kappa shape index (κ2) is 5.43. The molecule has 0 heterocycles. The van der Waals surface area contributed by atoms with Crippen molar-refractivity contribution in [2.45, 2.75) is 6.18 Å². The van der Waals surface area contributed by atoms with Gasteiger partial charge in [0, 0.05) is 6.07 Å². The Morgan fingerprint density at radius 3 is 2.50 bits per heavy atom. The maximum Gasteiger partial charge on any atom is 0.401 e. The van der Waals surface area contributed by atoms with Crippen LogP contribution in [0.3, 0.4) is 0 Å². The van der Waals surface area contributed by atoms with E-state index < -0.39 is 30.4 Å². The molecule has 0 aromatic heterocycles. The Labute approximate surface area is 105 Å². The van der Waals surface area contributed by atoms with Gasteiger partial charge in [-0.2, -0.15) is 13.2 Å². The maximum atomic E-state index is 12.8. The predicted octanol–water partition coefficient (Wildman–Crippen LogP) is 2.97. The van der Waals surface area contributed by atoms with Crippen molar-refractivity contribution < 1.29 is 22.3 Å². The van der Waals surface area contributed by atoms with E-state index in [1.54, 1.807) is 0 Å². The summed E-state index contributed by atoms with van der Waals surface area (Å²) in [5, 5.41) is 6.58. The van der Waals surface area contributed by atoms with Crippen molar-refractivity contribution in [2.75, 3.05) is 6.61 Å². The van der Waals surface area contributed by atoms with E-state index in [1.807, 2.05) is 0 Å². The highest BCUT2D eigenvalue weighted by molar-refractivity contribution is 6.30. The zero-order valence-electron chi connectivity index (χ0n) is 8.89. The molecule has 100 valence electrons. The van der Waals surface area contributed by atoms with Crippen molar-refractivity contribution in [2.24, 2.45) is 11.7 Å². The highest BCUT2D eigenvalue weighted by Crippen LogP contribution is 2.28. The van der Waals surface area contributed by atoms with Crippen LogP contribution in [0, 0.1) is 17.1 Å². The fourth-order valence-electron chi connectivity index (χ4n) is 1.11. The maximum absolute atomic E-state index is 12.8. The summed E-state index contributed by atoms with van der Waals surface area (Å²) in [7, 11) is 0. The summed E-state index contributed by atoms with van der Waals surface area (Å²) in [6.45, 7) is -0.860. The van der Waals surface area contributed by atoms with Crippen LogP contribution in [0.4, 0.5) is 17.6 Å². The third kappa shape index (κ3) is 3.76. The van der Waals surface area contributed by atoms with Gasteiger partial charge >= 0.3 is 6.18 Å². The molecule has 1 unspecified atom stereocenters. The van der Waals surface area contributed by atoms with E-state index in [9.17, 15) is 17.6 Å². The molecule has 0 radical (unpaired) electrons. The van der Waals surface area contributed by atoms with Crippen LogP contribution in [0.15, 0.2) is 18.2 Å². The van der Waals surface area contributed by atoms with Crippen molar-refractivity contribution in [1.82, 2.24) is 0 Å². The van der Waals surface area contributed by atoms with Crippen molar-refractivity contribution in [3.8, 4) is 5.75 Å². The number of hydrogen-bond donors (Lipinski definition) is 2. The van der Waals surface area contributed by atoms with Crippen molar-refractivity contribution in [1.29, 1.82) is 5.41 Å². The molecule has 3 nitrogen and oxygen atoms in total. The first kappa shape index (κ1) is 14.6. The Hall–Kier alpha value is -1.50. The molecule has 0 saturated heterocycles. The minimum Gasteiger partial charge on any atom is -0.492 e. The molecular formula is C10H9ClF4N2O. The molecule has 3 N–H and O–H groups in total. The average molecular weight is 285 g/mol. The molecule has 8 heteroatoms. The van der Waals surface area contributed by atoms with Gasteiger partial charge in [-0.3, -0.25) is 5.41 Å². The fraction of sp³-hybridized carbons (Fsp3) is 0.300. The SMILES string of the molecule is N=C(N)C(COc1ccc(F)c(Cl)c1)C(F)(F)F. The van der Waals surface area contributed by atoms with Crippen LogP contribution in [0.5, 0.6) is 5.75 Å². The van der Waals surface area contributed by atoms with E-state index >= 15 is 0 Å². The van der Waals surface area contributed by atoms with E-state index in [4.69, 9.17) is 27.5 Å². The predicted molar refractivity (Wildman–Crippen MR) is 58.4 cm³/mol. The molecule has 0 aliphatic carbocycles. The zero-order valence-corrected chi connectivity index (χ0v) is 9.65. The third-order valence-corrected chi connectivity index (χ3v) is 2.37. The van der Waals surface area contributed by atoms with Gasteiger partial charge in [-0.15, -0.1) is 0 Å². The summed E-state index contributed by atoms with van der Waals surface area (Å²) in [5.41, 5.74) is 4.84. The van der Waals surface area contributed by atoms with Gasteiger partial charge in [-0.1, -0.05) is 11.6 Å². The number of rotatable bonds is 4. The van der Waals surface area contributed by atoms with Gasteiger partial charge in [-0.05, 0) is 12.1 Å². The Morgan fingerprint density at radius 1 is 1.44 bits per heavy atom. The second-order valence-electron chi connectivity index (χ2n) is 3.44. The first-order valence-electron chi connectivity index (χ1n) is 4.70. The molecule has 18 heavy (non-hydrogen) atoms. The Bertz CT molecular complexity index is 450. The summed E-state index contributed by atoms with van der Waals surface area (Å²) in [5.74, 6) is -3.99. The number of benzene rings is 1.